The van der Waals surface area contributed by atoms with Gasteiger partial charge in [0.1, 0.15) is 6.54 Å². The number of nitrogens with one attached hydrogen (secondary N) is 1. The molecule has 1 aliphatic rings. The molecule has 8 heteroatoms. The van der Waals surface area contributed by atoms with Crippen LogP contribution in [-0.2, 0) is 9.53 Å². The number of Topliss-reactive ketones (excluding diaryl/α,β-unsaturated/α-hetero) is 1. The fraction of sp³-hybridized carbons (Fsp3) is 0.316. The summed E-state index contributed by atoms with van der Waals surface area (Å²) in [6, 6.07) is 10.4. The minimum atomic E-state index is -0.495. The SMILES string of the molecule is O=C(COC(=O)c1cccc(I)c1)C[NH+]1CCN(C(=O)c2ccco2)CC1. The van der Waals surface area contributed by atoms with Gasteiger partial charge in [-0.15, -0.1) is 0 Å². The van der Waals surface area contributed by atoms with Gasteiger partial charge in [-0.25, -0.2) is 4.79 Å². The predicted molar refractivity (Wildman–Crippen MR) is 105 cm³/mol. The molecule has 3 rings (SSSR count). The number of amides is 1. The third-order valence-corrected chi connectivity index (χ3v) is 5.03. The first-order chi connectivity index (χ1) is 13.0. The monoisotopic (exact) mass is 483 g/mol. The summed E-state index contributed by atoms with van der Waals surface area (Å²) in [4.78, 5) is 39.1. The number of nitrogens with zero attached hydrogens (tertiary/aromatic N) is 1. The Morgan fingerprint density at radius 1 is 1.15 bits per heavy atom. The summed E-state index contributed by atoms with van der Waals surface area (Å²) in [5, 5.41) is 0. The van der Waals surface area contributed by atoms with Crippen LogP contribution in [0.5, 0.6) is 0 Å². The topological polar surface area (TPSA) is 81.3 Å². The standard InChI is InChI=1S/C19H19IN2O5/c20-15-4-1-3-14(11-15)19(25)27-13-16(23)12-21-6-8-22(9-7-21)18(24)17-5-2-10-26-17/h1-5,10-11H,6-9,12-13H2/p+1. The number of hydrogen-bond acceptors (Lipinski definition) is 5. The van der Waals surface area contributed by atoms with Crippen molar-refractivity contribution in [2.24, 2.45) is 0 Å². The van der Waals surface area contributed by atoms with Gasteiger partial charge in [0.2, 0.25) is 5.78 Å². The highest BCUT2D eigenvalue weighted by atomic mass is 127. The summed E-state index contributed by atoms with van der Waals surface area (Å²) in [5.74, 6) is -0.422. The molecule has 27 heavy (non-hydrogen) atoms. The number of rotatable bonds is 6. The van der Waals surface area contributed by atoms with Gasteiger partial charge >= 0.3 is 5.97 Å². The van der Waals surface area contributed by atoms with Crippen molar-refractivity contribution in [3.63, 3.8) is 0 Å². The molecule has 0 saturated carbocycles. The van der Waals surface area contributed by atoms with E-state index in [9.17, 15) is 14.4 Å². The third-order valence-electron chi connectivity index (χ3n) is 4.36. The van der Waals surface area contributed by atoms with Crippen LogP contribution in [-0.4, -0.2) is 61.9 Å². The number of hydrogen-bond donors (Lipinski definition) is 1. The Kier molecular flexibility index (Phi) is 6.62. The van der Waals surface area contributed by atoms with Crippen LogP contribution in [0.4, 0.5) is 0 Å². The second-order valence-corrected chi connectivity index (χ2v) is 7.57. The van der Waals surface area contributed by atoms with E-state index in [1.54, 1.807) is 35.2 Å². The Morgan fingerprint density at radius 3 is 2.59 bits per heavy atom. The minimum absolute atomic E-state index is 0.128. The number of ketones is 1. The molecule has 2 aromatic rings. The molecule has 0 bridgehead atoms. The van der Waals surface area contributed by atoms with E-state index in [0.29, 0.717) is 37.5 Å². The van der Waals surface area contributed by atoms with Gasteiger partial charge in [0.05, 0.1) is 38.0 Å². The zero-order valence-corrected chi connectivity index (χ0v) is 16.8. The number of carbonyl (C=O) groups is 3. The summed E-state index contributed by atoms with van der Waals surface area (Å²) >= 11 is 2.11. The van der Waals surface area contributed by atoms with Crippen molar-refractivity contribution in [2.75, 3.05) is 39.3 Å². The summed E-state index contributed by atoms with van der Waals surface area (Å²) in [6.45, 7) is 2.51. The van der Waals surface area contributed by atoms with E-state index in [2.05, 4.69) is 22.6 Å². The molecule has 1 saturated heterocycles. The molecule has 0 spiro atoms. The Labute approximate surface area is 170 Å². The molecule has 2 heterocycles. The van der Waals surface area contributed by atoms with Gasteiger partial charge in [-0.3, -0.25) is 9.59 Å². The maximum Gasteiger partial charge on any atom is 0.338 e. The first-order valence-corrected chi connectivity index (χ1v) is 9.71. The number of piperazine rings is 1. The van der Waals surface area contributed by atoms with Gasteiger partial charge in [-0.1, -0.05) is 6.07 Å². The average Bonchev–Trinajstić information content (AvgIpc) is 3.21. The molecule has 0 aliphatic carbocycles. The van der Waals surface area contributed by atoms with Crippen LogP contribution in [0.3, 0.4) is 0 Å². The lowest BCUT2D eigenvalue weighted by atomic mass is 10.2. The lowest BCUT2D eigenvalue weighted by Gasteiger charge is -2.31. The minimum Gasteiger partial charge on any atom is -0.459 e. The van der Waals surface area contributed by atoms with Crippen molar-refractivity contribution in [3.8, 4) is 0 Å². The van der Waals surface area contributed by atoms with Crippen LogP contribution in [0.25, 0.3) is 0 Å². The van der Waals surface area contributed by atoms with E-state index in [4.69, 9.17) is 9.15 Å². The second-order valence-electron chi connectivity index (χ2n) is 6.32. The smallest absolute Gasteiger partial charge is 0.338 e. The summed E-state index contributed by atoms with van der Waals surface area (Å²) in [5.41, 5.74) is 0.437. The fourth-order valence-corrected chi connectivity index (χ4v) is 3.48. The number of furan rings is 1. The zero-order chi connectivity index (χ0) is 19.2. The molecule has 1 N–H and O–H groups in total. The third kappa shape index (κ3) is 5.39. The number of halogens is 1. The lowest BCUT2D eigenvalue weighted by molar-refractivity contribution is -0.895. The highest BCUT2D eigenvalue weighted by Crippen LogP contribution is 2.09. The molecule has 1 aliphatic heterocycles. The largest absolute Gasteiger partial charge is 0.459 e. The predicted octanol–water partition coefficient (Wildman–Crippen LogP) is 0.651. The van der Waals surface area contributed by atoms with E-state index < -0.39 is 5.97 Å². The van der Waals surface area contributed by atoms with E-state index in [1.165, 1.54) is 6.26 Å². The maximum absolute atomic E-state index is 12.2. The summed E-state index contributed by atoms with van der Waals surface area (Å²) < 4.78 is 11.2. The van der Waals surface area contributed by atoms with Gasteiger partial charge in [0.25, 0.3) is 5.91 Å². The fourth-order valence-electron chi connectivity index (χ4n) is 2.93. The molecule has 1 aromatic heterocycles. The number of carbonyl (C=O) groups excluding carboxylic acids is 3. The van der Waals surface area contributed by atoms with E-state index in [0.717, 1.165) is 8.47 Å². The molecule has 0 radical (unpaired) electrons. The van der Waals surface area contributed by atoms with Crippen LogP contribution in [0.1, 0.15) is 20.9 Å². The van der Waals surface area contributed by atoms with Crippen LogP contribution < -0.4 is 4.90 Å². The lowest BCUT2D eigenvalue weighted by Crippen LogP contribution is -3.15. The Hall–Kier alpha value is -2.20. The van der Waals surface area contributed by atoms with Crippen molar-refractivity contribution < 1.29 is 28.4 Å². The normalized spacial score (nSPS) is 14.8. The molecule has 1 aromatic carbocycles. The van der Waals surface area contributed by atoms with Crippen molar-refractivity contribution in [1.82, 2.24) is 4.90 Å². The van der Waals surface area contributed by atoms with Gasteiger partial charge in [-0.05, 0) is 52.9 Å². The Bertz CT molecular complexity index is 813. The van der Waals surface area contributed by atoms with Crippen LogP contribution in [0, 0.1) is 3.57 Å². The summed E-state index contributed by atoms with van der Waals surface area (Å²) in [6.07, 6.45) is 1.48. The van der Waals surface area contributed by atoms with Crippen molar-refractivity contribution in [1.29, 1.82) is 0 Å². The molecule has 7 nitrogen and oxygen atoms in total. The van der Waals surface area contributed by atoms with E-state index >= 15 is 0 Å². The Balaban J connectivity index is 1.40. The second kappa shape index (κ2) is 9.14. The molecule has 1 fully saturated rings. The quantitative estimate of drug-likeness (QED) is 0.483. The number of esters is 1. The van der Waals surface area contributed by atoms with Crippen molar-refractivity contribution in [2.45, 2.75) is 0 Å². The van der Waals surface area contributed by atoms with Gasteiger partial charge in [-0.2, -0.15) is 0 Å². The maximum atomic E-state index is 12.2. The zero-order valence-electron chi connectivity index (χ0n) is 14.7. The van der Waals surface area contributed by atoms with Crippen LogP contribution in [0.2, 0.25) is 0 Å². The summed E-state index contributed by atoms with van der Waals surface area (Å²) in [7, 11) is 0. The molecule has 142 valence electrons. The Morgan fingerprint density at radius 2 is 1.93 bits per heavy atom. The highest BCUT2D eigenvalue weighted by Gasteiger charge is 2.27. The molecular formula is C19H20IN2O5+. The number of quaternary nitrogens is 1. The number of benzene rings is 1. The van der Waals surface area contributed by atoms with Crippen LogP contribution >= 0.6 is 22.6 Å². The van der Waals surface area contributed by atoms with Crippen molar-refractivity contribution in [3.05, 3.63) is 57.6 Å². The molecule has 0 atom stereocenters. The van der Waals surface area contributed by atoms with Gasteiger partial charge in [0, 0.05) is 3.57 Å². The van der Waals surface area contributed by atoms with E-state index in [1.807, 2.05) is 6.07 Å². The molecule has 0 unspecified atom stereocenters. The van der Waals surface area contributed by atoms with Crippen molar-refractivity contribution >= 4 is 40.3 Å². The number of ether oxygens (including phenoxy) is 1. The molecule has 1 amide bonds. The van der Waals surface area contributed by atoms with Crippen LogP contribution in [0.15, 0.2) is 47.1 Å². The molecular weight excluding hydrogens is 463 g/mol. The van der Waals surface area contributed by atoms with Gasteiger partial charge < -0.3 is 19.0 Å². The first-order valence-electron chi connectivity index (χ1n) is 8.63. The average molecular weight is 483 g/mol. The van der Waals surface area contributed by atoms with Gasteiger partial charge in [0.15, 0.2) is 12.4 Å². The van der Waals surface area contributed by atoms with E-state index in [-0.39, 0.29) is 24.8 Å². The first kappa shape index (κ1) is 19.6. The highest BCUT2D eigenvalue weighted by molar-refractivity contribution is 14.1.